The molecule has 7 nitrogen and oxygen atoms in total. The molecule has 0 atom stereocenters. The third kappa shape index (κ3) is 4.99. The molecule has 1 amide bonds. The molecule has 0 aliphatic rings. The number of rotatable bonds is 10. The molecule has 0 saturated heterocycles. The fraction of sp³-hybridized carbons (Fsp3) is 0.304. The molecule has 1 heterocycles. The number of carbonyl (C=O) groups excluding carboxylic acids is 1. The fourth-order valence-electron chi connectivity index (χ4n) is 3.07. The second kappa shape index (κ2) is 10.5. The average Bonchev–Trinajstić information content (AvgIpc) is 3.24. The van der Waals surface area contributed by atoms with Crippen molar-refractivity contribution in [2.45, 2.75) is 13.3 Å². The van der Waals surface area contributed by atoms with Gasteiger partial charge in [0.1, 0.15) is 5.69 Å². The number of hydrogen-bond donors (Lipinski definition) is 1. The van der Waals surface area contributed by atoms with Gasteiger partial charge in [0.2, 0.25) is 0 Å². The Hall–Kier alpha value is -3.32. The fourth-order valence-corrected chi connectivity index (χ4v) is 3.07. The molecule has 0 aliphatic carbocycles. The van der Waals surface area contributed by atoms with Gasteiger partial charge in [-0.3, -0.25) is 4.79 Å². The average molecular weight is 409 g/mol. The van der Waals surface area contributed by atoms with E-state index in [2.05, 4.69) is 5.32 Å². The molecule has 3 aromatic rings. The van der Waals surface area contributed by atoms with Crippen molar-refractivity contribution in [3.05, 3.63) is 60.3 Å². The number of para-hydroxylation sites is 1. The first-order valence-electron chi connectivity index (χ1n) is 9.91. The summed E-state index contributed by atoms with van der Waals surface area (Å²) < 4.78 is 17.8. The summed E-state index contributed by atoms with van der Waals surface area (Å²) in [6, 6.07) is 15.2. The van der Waals surface area contributed by atoms with Crippen LogP contribution in [0, 0.1) is 0 Å². The van der Waals surface area contributed by atoms with Crippen LogP contribution in [0.4, 0.5) is 0 Å². The molecule has 1 aromatic heterocycles. The minimum Gasteiger partial charge on any atom is -0.493 e. The van der Waals surface area contributed by atoms with Gasteiger partial charge in [0.25, 0.3) is 5.91 Å². The predicted octanol–water partition coefficient (Wildman–Crippen LogP) is 3.71. The van der Waals surface area contributed by atoms with Gasteiger partial charge in [-0.1, -0.05) is 18.2 Å². The Bertz CT molecular complexity index is 970. The number of ether oxygens (including phenoxy) is 3. The summed E-state index contributed by atoms with van der Waals surface area (Å²) in [5.41, 5.74) is 2.70. The number of benzene rings is 2. The van der Waals surface area contributed by atoms with Crippen molar-refractivity contribution in [1.82, 2.24) is 15.1 Å². The number of aromatic nitrogens is 2. The van der Waals surface area contributed by atoms with Crippen molar-refractivity contribution in [2.24, 2.45) is 0 Å². The SMILES string of the molecule is CCOCCCNC(=O)c1cn(-c2ccccc2)nc1-c1ccc(OC)c(OC)c1. The zero-order valence-corrected chi connectivity index (χ0v) is 17.6. The molecule has 0 saturated carbocycles. The minimum atomic E-state index is -0.182. The zero-order valence-electron chi connectivity index (χ0n) is 17.6. The van der Waals surface area contributed by atoms with Gasteiger partial charge in [-0.2, -0.15) is 5.10 Å². The van der Waals surface area contributed by atoms with Crippen LogP contribution in [0.5, 0.6) is 11.5 Å². The van der Waals surface area contributed by atoms with Crippen molar-refractivity contribution in [3.63, 3.8) is 0 Å². The van der Waals surface area contributed by atoms with Crippen LogP contribution in [0.1, 0.15) is 23.7 Å². The summed E-state index contributed by atoms with van der Waals surface area (Å²) >= 11 is 0. The number of nitrogens with zero attached hydrogens (tertiary/aromatic N) is 2. The lowest BCUT2D eigenvalue weighted by atomic mass is 10.1. The maximum Gasteiger partial charge on any atom is 0.255 e. The molecule has 30 heavy (non-hydrogen) atoms. The smallest absolute Gasteiger partial charge is 0.255 e. The second-order valence-electron chi connectivity index (χ2n) is 6.55. The van der Waals surface area contributed by atoms with E-state index in [1.54, 1.807) is 31.2 Å². The highest BCUT2D eigenvalue weighted by atomic mass is 16.5. The summed E-state index contributed by atoms with van der Waals surface area (Å²) in [4.78, 5) is 12.9. The van der Waals surface area contributed by atoms with Crippen LogP contribution in [-0.2, 0) is 4.74 Å². The Morgan fingerprint density at radius 3 is 2.53 bits per heavy atom. The van der Waals surface area contributed by atoms with E-state index in [0.29, 0.717) is 42.5 Å². The maximum atomic E-state index is 12.9. The van der Waals surface area contributed by atoms with E-state index in [4.69, 9.17) is 19.3 Å². The normalized spacial score (nSPS) is 10.6. The molecular formula is C23H27N3O4. The highest BCUT2D eigenvalue weighted by Crippen LogP contribution is 2.33. The standard InChI is InChI=1S/C23H27N3O4/c1-4-30-14-8-13-24-23(27)19-16-26(18-9-6-5-7-10-18)25-22(19)17-11-12-20(28-2)21(15-17)29-3/h5-7,9-12,15-16H,4,8,13-14H2,1-3H3,(H,24,27). The van der Waals surface area contributed by atoms with Crippen molar-refractivity contribution >= 4 is 5.91 Å². The largest absolute Gasteiger partial charge is 0.493 e. The molecule has 2 aromatic carbocycles. The number of carbonyl (C=O) groups is 1. The summed E-state index contributed by atoms with van der Waals surface area (Å²) in [5, 5.41) is 7.65. The molecule has 0 aliphatic heterocycles. The van der Waals surface area contributed by atoms with Crippen molar-refractivity contribution in [3.8, 4) is 28.4 Å². The molecule has 7 heteroatoms. The molecule has 1 N–H and O–H groups in total. The van der Waals surface area contributed by atoms with Crippen LogP contribution in [0.15, 0.2) is 54.7 Å². The van der Waals surface area contributed by atoms with Crippen LogP contribution in [0.25, 0.3) is 16.9 Å². The molecule has 0 radical (unpaired) electrons. The quantitative estimate of drug-likeness (QED) is 0.517. The number of amides is 1. The van der Waals surface area contributed by atoms with Crippen LogP contribution >= 0.6 is 0 Å². The summed E-state index contributed by atoms with van der Waals surface area (Å²) in [6.45, 7) is 3.76. The molecular weight excluding hydrogens is 382 g/mol. The van der Waals surface area contributed by atoms with E-state index in [9.17, 15) is 4.79 Å². The lowest BCUT2D eigenvalue weighted by Crippen LogP contribution is -2.25. The Kier molecular flexibility index (Phi) is 7.45. The van der Waals surface area contributed by atoms with Gasteiger partial charge in [0.05, 0.1) is 25.5 Å². The third-order valence-electron chi connectivity index (χ3n) is 4.59. The summed E-state index contributed by atoms with van der Waals surface area (Å²) in [5.74, 6) is 1.01. The number of methoxy groups -OCH3 is 2. The lowest BCUT2D eigenvalue weighted by Gasteiger charge is -2.10. The van der Waals surface area contributed by atoms with Crippen LogP contribution in [-0.4, -0.2) is 49.7 Å². The van der Waals surface area contributed by atoms with E-state index >= 15 is 0 Å². The van der Waals surface area contributed by atoms with Gasteiger partial charge in [0.15, 0.2) is 11.5 Å². The van der Waals surface area contributed by atoms with Crippen LogP contribution in [0.2, 0.25) is 0 Å². The molecule has 3 rings (SSSR count). The highest BCUT2D eigenvalue weighted by Gasteiger charge is 2.20. The Balaban J connectivity index is 1.94. The Morgan fingerprint density at radius 2 is 1.83 bits per heavy atom. The minimum absolute atomic E-state index is 0.182. The highest BCUT2D eigenvalue weighted by molar-refractivity contribution is 6.00. The van der Waals surface area contributed by atoms with E-state index < -0.39 is 0 Å². The monoisotopic (exact) mass is 409 g/mol. The van der Waals surface area contributed by atoms with E-state index in [1.807, 2.05) is 49.4 Å². The summed E-state index contributed by atoms with van der Waals surface area (Å²) in [7, 11) is 3.17. The maximum absolute atomic E-state index is 12.9. The van der Waals surface area contributed by atoms with Crippen molar-refractivity contribution < 1.29 is 19.0 Å². The molecule has 0 unspecified atom stereocenters. The number of nitrogens with one attached hydrogen (secondary N) is 1. The topological polar surface area (TPSA) is 74.6 Å². The summed E-state index contributed by atoms with van der Waals surface area (Å²) in [6.07, 6.45) is 2.50. The second-order valence-corrected chi connectivity index (χ2v) is 6.55. The van der Waals surface area contributed by atoms with Gasteiger partial charge in [0, 0.05) is 31.5 Å². The van der Waals surface area contributed by atoms with Gasteiger partial charge in [-0.05, 0) is 43.7 Å². The van der Waals surface area contributed by atoms with Crippen molar-refractivity contribution in [2.75, 3.05) is 34.0 Å². The molecule has 0 fully saturated rings. The zero-order chi connectivity index (χ0) is 21.3. The third-order valence-corrected chi connectivity index (χ3v) is 4.59. The van der Waals surface area contributed by atoms with E-state index in [1.165, 1.54) is 0 Å². The van der Waals surface area contributed by atoms with Crippen LogP contribution in [0.3, 0.4) is 0 Å². The Morgan fingerprint density at radius 1 is 1.07 bits per heavy atom. The first-order valence-corrected chi connectivity index (χ1v) is 9.91. The van der Waals surface area contributed by atoms with E-state index in [0.717, 1.165) is 17.7 Å². The molecule has 0 bridgehead atoms. The predicted molar refractivity (Wildman–Crippen MR) is 116 cm³/mol. The number of hydrogen-bond acceptors (Lipinski definition) is 5. The molecule has 158 valence electrons. The lowest BCUT2D eigenvalue weighted by molar-refractivity contribution is 0.0945. The Labute approximate surface area is 176 Å². The van der Waals surface area contributed by atoms with Gasteiger partial charge >= 0.3 is 0 Å². The molecule has 0 spiro atoms. The van der Waals surface area contributed by atoms with Crippen molar-refractivity contribution in [1.29, 1.82) is 0 Å². The first-order chi connectivity index (χ1) is 14.7. The van der Waals surface area contributed by atoms with Gasteiger partial charge in [-0.25, -0.2) is 4.68 Å². The van der Waals surface area contributed by atoms with Crippen LogP contribution < -0.4 is 14.8 Å². The van der Waals surface area contributed by atoms with E-state index in [-0.39, 0.29) is 5.91 Å². The van der Waals surface area contributed by atoms with Gasteiger partial charge < -0.3 is 19.5 Å². The van der Waals surface area contributed by atoms with Gasteiger partial charge in [-0.15, -0.1) is 0 Å². The first kappa shape index (κ1) is 21.4.